The monoisotopic (exact) mass is 574 g/mol. The average Bonchev–Trinajstić information content (AvgIpc) is 2.71. The van der Waals surface area contributed by atoms with E-state index in [0.29, 0.717) is 21.3 Å². The molecule has 3 rings (SSSR count). The van der Waals surface area contributed by atoms with Crippen molar-refractivity contribution in [2.24, 2.45) is 0 Å². The minimum absolute atomic E-state index is 0.0161. The first-order valence-corrected chi connectivity index (χ1v) is 12.1. The molecule has 1 N–H and O–H groups in total. The topological polar surface area (TPSA) is 66.5 Å². The lowest BCUT2D eigenvalue weighted by Crippen LogP contribution is -2.37. The summed E-state index contributed by atoms with van der Waals surface area (Å²) in [5.74, 6) is -0.442. The van der Waals surface area contributed by atoms with Crippen LogP contribution in [0.3, 0.4) is 0 Å². The Labute approximate surface area is 199 Å². The van der Waals surface area contributed by atoms with Gasteiger partial charge >= 0.3 is 0 Å². The van der Waals surface area contributed by atoms with E-state index in [1.165, 1.54) is 24.3 Å². The second-order valence-corrected chi connectivity index (χ2v) is 10.5. The quantitative estimate of drug-likeness (QED) is 0.383. The highest BCUT2D eigenvalue weighted by Crippen LogP contribution is 2.21. The molecule has 0 aliphatic heterocycles. The molecule has 156 valence electrons. The number of carbonyl (C=O) groups is 1. The van der Waals surface area contributed by atoms with Gasteiger partial charge in [-0.1, -0.05) is 35.3 Å². The van der Waals surface area contributed by atoms with Crippen LogP contribution in [0.2, 0.25) is 10.0 Å². The zero-order chi connectivity index (χ0) is 21.7. The van der Waals surface area contributed by atoms with Gasteiger partial charge in [-0.25, -0.2) is 8.42 Å². The fourth-order valence-electron chi connectivity index (χ4n) is 2.67. The maximum atomic E-state index is 13.2. The summed E-state index contributed by atoms with van der Waals surface area (Å²) in [6, 6.07) is 19.9. The minimum atomic E-state index is -3.94. The molecular formula is C21H17Cl2IN2O3S. The molecular weight excluding hydrogens is 558 g/mol. The highest BCUT2D eigenvalue weighted by molar-refractivity contribution is 14.1. The molecule has 0 aliphatic rings. The van der Waals surface area contributed by atoms with Gasteiger partial charge in [0.15, 0.2) is 0 Å². The third kappa shape index (κ3) is 6.18. The van der Waals surface area contributed by atoms with Crippen molar-refractivity contribution in [1.82, 2.24) is 4.31 Å². The standard InChI is InChI=1S/C21H17Cl2IN2O3S/c22-16-3-1-15(2-4-16)13-26(30(28,29)20-11-5-17(23)6-12-20)14-21(27)25-19-9-7-18(24)8-10-19/h1-12H,13-14H2,(H,25,27). The summed E-state index contributed by atoms with van der Waals surface area (Å²) in [6.07, 6.45) is 0. The van der Waals surface area contributed by atoms with Crippen LogP contribution in [0.25, 0.3) is 0 Å². The first-order chi connectivity index (χ1) is 14.2. The highest BCUT2D eigenvalue weighted by Gasteiger charge is 2.27. The molecule has 0 bridgehead atoms. The summed E-state index contributed by atoms with van der Waals surface area (Å²) in [7, 11) is -3.94. The summed E-state index contributed by atoms with van der Waals surface area (Å²) in [6.45, 7) is -0.332. The third-order valence-corrected chi connectivity index (χ3v) is 7.20. The van der Waals surface area contributed by atoms with Gasteiger partial charge in [0.1, 0.15) is 0 Å². The molecule has 0 unspecified atom stereocenters. The van der Waals surface area contributed by atoms with Crippen LogP contribution in [0, 0.1) is 3.57 Å². The summed E-state index contributed by atoms with van der Waals surface area (Å²) >= 11 is 14.0. The van der Waals surface area contributed by atoms with Gasteiger partial charge in [-0.2, -0.15) is 4.31 Å². The number of halogens is 3. The Morgan fingerprint density at radius 1 is 0.867 bits per heavy atom. The van der Waals surface area contributed by atoms with E-state index in [1.54, 1.807) is 36.4 Å². The number of nitrogens with one attached hydrogen (secondary N) is 1. The van der Waals surface area contributed by atoms with E-state index in [4.69, 9.17) is 23.2 Å². The van der Waals surface area contributed by atoms with E-state index >= 15 is 0 Å². The number of amides is 1. The van der Waals surface area contributed by atoms with Crippen LogP contribution >= 0.6 is 45.8 Å². The second kappa shape index (κ2) is 10.1. The van der Waals surface area contributed by atoms with Crippen LogP contribution in [0.1, 0.15) is 5.56 Å². The number of carbonyl (C=O) groups excluding carboxylic acids is 1. The van der Waals surface area contributed by atoms with Crippen LogP contribution in [0.15, 0.2) is 77.7 Å². The zero-order valence-electron chi connectivity index (χ0n) is 15.6. The van der Waals surface area contributed by atoms with E-state index in [1.807, 2.05) is 12.1 Å². The summed E-state index contributed by atoms with van der Waals surface area (Å²) in [5, 5.41) is 3.71. The molecule has 0 fully saturated rings. The first kappa shape index (κ1) is 23.0. The number of hydrogen-bond donors (Lipinski definition) is 1. The largest absolute Gasteiger partial charge is 0.325 e. The van der Waals surface area contributed by atoms with Crippen molar-refractivity contribution in [3.05, 3.63) is 92.0 Å². The normalized spacial score (nSPS) is 11.5. The van der Waals surface area contributed by atoms with Crippen LogP contribution < -0.4 is 5.32 Å². The smallest absolute Gasteiger partial charge is 0.243 e. The van der Waals surface area contributed by atoms with Gasteiger partial charge in [0.25, 0.3) is 0 Å². The highest BCUT2D eigenvalue weighted by atomic mass is 127. The Morgan fingerprint density at radius 2 is 1.40 bits per heavy atom. The molecule has 3 aromatic rings. The van der Waals surface area contributed by atoms with Crippen molar-refractivity contribution < 1.29 is 13.2 Å². The molecule has 0 saturated carbocycles. The molecule has 0 atom stereocenters. The summed E-state index contributed by atoms with van der Waals surface area (Å²) < 4.78 is 28.6. The number of sulfonamides is 1. The molecule has 0 heterocycles. The van der Waals surface area contributed by atoms with Gasteiger partial charge in [0.2, 0.25) is 15.9 Å². The fraction of sp³-hybridized carbons (Fsp3) is 0.0952. The lowest BCUT2D eigenvalue weighted by atomic mass is 10.2. The van der Waals surface area contributed by atoms with E-state index < -0.39 is 15.9 Å². The summed E-state index contributed by atoms with van der Waals surface area (Å²) in [4.78, 5) is 12.7. The van der Waals surface area contributed by atoms with Gasteiger partial charge in [0.05, 0.1) is 11.4 Å². The molecule has 0 saturated heterocycles. The van der Waals surface area contributed by atoms with Crippen molar-refractivity contribution in [3.63, 3.8) is 0 Å². The van der Waals surface area contributed by atoms with Gasteiger partial charge in [0, 0.05) is 25.8 Å². The van der Waals surface area contributed by atoms with Gasteiger partial charge in [-0.15, -0.1) is 0 Å². The second-order valence-electron chi connectivity index (χ2n) is 6.41. The fourth-order valence-corrected chi connectivity index (χ4v) is 4.66. The molecule has 1 amide bonds. The minimum Gasteiger partial charge on any atom is -0.325 e. The molecule has 0 spiro atoms. The molecule has 30 heavy (non-hydrogen) atoms. The Balaban J connectivity index is 1.86. The number of nitrogens with zero attached hydrogens (tertiary/aromatic N) is 1. The Bertz CT molecular complexity index is 1120. The van der Waals surface area contributed by atoms with Crippen molar-refractivity contribution >= 4 is 67.4 Å². The van der Waals surface area contributed by atoms with Crippen LogP contribution in [-0.4, -0.2) is 25.2 Å². The van der Waals surface area contributed by atoms with Crippen molar-refractivity contribution in [1.29, 1.82) is 0 Å². The molecule has 0 aromatic heterocycles. The average molecular weight is 575 g/mol. The van der Waals surface area contributed by atoms with E-state index in [9.17, 15) is 13.2 Å². The van der Waals surface area contributed by atoms with Crippen LogP contribution in [0.5, 0.6) is 0 Å². The predicted octanol–water partition coefficient (Wildman–Crippen LogP) is 5.43. The van der Waals surface area contributed by atoms with Gasteiger partial charge in [-0.05, 0) is 88.8 Å². The van der Waals surface area contributed by atoms with Crippen molar-refractivity contribution in [2.75, 3.05) is 11.9 Å². The predicted molar refractivity (Wildman–Crippen MR) is 128 cm³/mol. The lowest BCUT2D eigenvalue weighted by molar-refractivity contribution is -0.116. The van der Waals surface area contributed by atoms with Crippen LogP contribution in [-0.2, 0) is 21.4 Å². The maximum absolute atomic E-state index is 13.2. The maximum Gasteiger partial charge on any atom is 0.243 e. The van der Waals surface area contributed by atoms with E-state index in [0.717, 1.165) is 7.88 Å². The Morgan fingerprint density at radius 3 is 1.97 bits per heavy atom. The van der Waals surface area contributed by atoms with Gasteiger partial charge in [-0.3, -0.25) is 4.79 Å². The third-order valence-electron chi connectivity index (χ3n) is 4.17. The molecule has 3 aromatic carbocycles. The zero-order valence-corrected chi connectivity index (χ0v) is 20.0. The first-order valence-electron chi connectivity index (χ1n) is 8.79. The Hall–Kier alpha value is -1.65. The molecule has 5 nitrogen and oxygen atoms in total. The number of rotatable bonds is 7. The summed E-state index contributed by atoms with van der Waals surface area (Å²) in [5.41, 5.74) is 1.30. The molecule has 0 aliphatic carbocycles. The van der Waals surface area contributed by atoms with E-state index in [-0.39, 0.29) is 18.0 Å². The molecule has 0 radical (unpaired) electrons. The number of hydrogen-bond acceptors (Lipinski definition) is 3. The number of benzene rings is 3. The van der Waals surface area contributed by atoms with E-state index in [2.05, 4.69) is 27.9 Å². The van der Waals surface area contributed by atoms with Gasteiger partial charge < -0.3 is 5.32 Å². The lowest BCUT2D eigenvalue weighted by Gasteiger charge is -2.22. The number of anilines is 1. The van der Waals surface area contributed by atoms with Crippen LogP contribution in [0.4, 0.5) is 5.69 Å². The van der Waals surface area contributed by atoms with Crippen molar-refractivity contribution in [3.8, 4) is 0 Å². The molecule has 9 heteroatoms. The SMILES string of the molecule is O=C(CN(Cc1ccc(Cl)cc1)S(=O)(=O)c1ccc(Cl)cc1)Nc1ccc(I)cc1. The van der Waals surface area contributed by atoms with Crippen molar-refractivity contribution in [2.45, 2.75) is 11.4 Å². The Kier molecular flexibility index (Phi) is 7.75.